The normalized spacial score (nSPS) is 18.2. The molecule has 0 unspecified atom stereocenters. The third kappa shape index (κ3) is 3.54. The van der Waals surface area contributed by atoms with Crippen LogP contribution < -0.4 is 0 Å². The van der Waals surface area contributed by atoms with Crippen LogP contribution in [0.15, 0.2) is 23.1 Å². The number of aryl methyl sites for hydroxylation is 1. The molecule has 2 rings (SSSR count). The Hall–Kier alpha value is -0.870. The second kappa shape index (κ2) is 6.32. The zero-order chi connectivity index (χ0) is 17.3. The fourth-order valence-electron chi connectivity index (χ4n) is 2.67. The average Bonchev–Trinajstić information content (AvgIpc) is 2.38. The Morgan fingerprint density at radius 3 is 2.05 bits per heavy atom. The van der Waals surface area contributed by atoms with Crippen molar-refractivity contribution in [2.75, 3.05) is 6.54 Å². The molecule has 1 aliphatic heterocycles. The third-order valence-electron chi connectivity index (χ3n) is 4.11. The zero-order valence-electron chi connectivity index (χ0n) is 15.3. The van der Waals surface area contributed by atoms with E-state index in [4.69, 9.17) is 0 Å². The predicted octanol–water partition coefficient (Wildman–Crippen LogP) is 4.49. The molecule has 4 heteroatoms. The summed E-state index contributed by atoms with van der Waals surface area (Å²) in [5, 5.41) is 0. The predicted molar refractivity (Wildman–Crippen MR) is 93.8 cm³/mol. The second-order valence-electron chi connectivity index (χ2n) is 7.39. The molecule has 0 atom stereocenters. The molecule has 3 nitrogen and oxygen atoms in total. The van der Waals surface area contributed by atoms with Crippen molar-refractivity contribution in [1.82, 2.24) is 4.31 Å². The molecule has 0 aliphatic carbocycles. The van der Waals surface area contributed by atoms with E-state index in [2.05, 4.69) is 20.8 Å². The first kappa shape index (κ1) is 19.2. The minimum atomic E-state index is -3.41. The molecule has 1 saturated heterocycles. The van der Waals surface area contributed by atoms with Crippen molar-refractivity contribution in [3.8, 4) is 0 Å². The Morgan fingerprint density at radius 1 is 1.14 bits per heavy atom. The van der Waals surface area contributed by atoms with E-state index in [0.29, 0.717) is 11.4 Å². The highest BCUT2D eigenvalue weighted by Gasteiger charge is 2.45. The molecule has 0 radical (unpaired) electrons. The SMILES string of the molecule is CC.Cc1ccc(S(=O)(=O)N2CCC2(C)C)c(C(C)(C)C)c1. The lowest BCUT2D eigenvalue weighted by atomic mass is 9.86. The van der Waals surface area contributed by atoms with Crippen LogP contribution in [0, 0.1) is 6.92 Å². The number of hydrogen-bond acceptors (Lipinski definition) is 2. The first-order valence-corrected chi connectivity index (χ1v) is 9.54. The van der Waals surface area contributed by atoms with E-state index in [-0.39, 0.29) is 11.0 Å². The van der Waals surface area contributed by atoms with Crippen LogP contribution in [0.5, 0.6) is 0 Å². The first-order chi connectivity index (χ1) is 9.96. The van der Waals surface area contributed by atoms with Gasteiger partial charge in [0.15, 0.2) is 0 Å². The van der Waals surface area contributed by atoms with Gasteiger partial charge < -0.3 is 0 Å². The van der Waals surface area contributed by atoms with Gasteiger partial charge in [0.2, 0.25) is 10.0 Å². The molecule has 22 heavy (non-hydrogen) atoms. The summed E-state index contributed by atoms with van der Waals surface area (Å²) in [5.74, 6) is 0. The summed E-state index contributed by atoms with van der Waals surface area (Å²) in [4.78, 5) is 0.461. The van der Waals surface area contributed by atoms with Crippen LogP contribution in [0.2, 0.25) is 0 Å². The van der Waals surface area contributed by atoms with Gasteiger partial charge in [-0.3, -0.25) is 0 Å². The zero-order valence-corrected chi connectivity index (χ0v) is 16.1. The van der Waals surface area contributed by atoms with Crippen molar-refractivity contribution >= 4 is 10.0 Å². The highest BCUT2D eigenvalue weighted by molar-refractivity contribution is 7.89. The minimum Gasteiger partial charge on any atom is -0.207 e. The lowest BCUT2D eigenvalue weighted by Crippen LogP contribution is -2.58. The lowest BCUT2D eigenvalue weighted by molar-refractivity contribution is 0.110. The topological polar surface area (TPSA) is 37.4 Å². The van der Waals surface area contributed by atoms with Crippen molar-refractivity contribution in [3.63, 3.8) is 0 Å². The maximum Gasteiger partial charge on any atom is 0.243 e. The largest absolute Gasteiger partial charge is 0.243 e. The monoisotopic (exact) mass is 325 g/mol. The molecule has 0 aromatic heterocycles. The number of nitrogens with zero attached hydrogens (tertiary/aromatic N) is 1. The van der Waals surface area contributed by atoms with Crippen molar-refractivity contribution < 1.29 is 8.42 Å². The molecular weight excluding hydrogens is 294 g/mol. The Labute approximate surface area is 136 Å². The highest BCUT2D eigenvalue weighted by Crippen LogP contribution is 2.38. The van der Waals surface area contributed by atoms with Crippen LogP contribution in [0.25, 0.3) is 0 Å². The highest BCUT2D eigenvalue weighted by atomic mass is 32.2. The van der Waals surface area contributed by atoms with Crippen molar-refractivity contribution in [2.24, 2.45) is 0 Å². The Balaban J connectivity index is 0.00000116. The van der Waals surface area contributed by atoms with Gasteiger partial charge >= 0.3 is 0 Å². The molecular formula is C18H31NO2S. The second-order valence-corrected chi connectivity index (χ2v) is 9.22. The van der Waals surface area contributed by atoms with E-state index < -0.39 is 10.0 Å². The van der Waals surface area contributed by atoms with E-state index in [9.17, 15) is 8.42 Å². The summed E-state index contributed by atoms with van der Waals surface area (Å²) in [5.41, 5.74) is 1.54. The fourth-order valence-corrected chi connectivity index (χ4v) is 4.86. The molecule has 0 bridgehead atoms. The minimum absolute atomic E-state index is 0.191. The van der Waals surface area contributed by atoms with Crippen molar-refractivity contribution in [1.29, 1.82) is 0 Å². The molecule has 1 aromatic rings. The molecule has 1 fully saturated rings. The lowest BCUT2D eigenvalue weighted by Gasteiger charge is -2.47. The molecule has 1 aliphatic rings. The van der Waals surface area contributed by atoms with Gasteiger partial charge in [-0.25, -0.2) is 8.42 Å². The van der Waals surface area contributed by atoms with Crippen LogP contribution >= 0.6 is 0 Å². The molecule has 0 amide bonds. The fraction of sp³-hybridized carbons (Fsp3) is 0.667. The van der Waals surface area contributed by atoms with Gasteiger partial charge in [0, 0.05) is 12.1 Å². The number of sulfonamides is 1. The quantitative estimate of drug-likeness (QED) is 0.803. The van der Waals surface area contributed by atoms with Crippen molar-refractivity contribution in [2.45, 2.75) is 77.7 Å². The van der Waals surface area contributed by atoms with E-state index in [0.717, 1.165) is 17.5 Å². The molecule has 1 aromatic carbocycles. The summed E-state index contributed by atoms with van der Waals surface area (Å²) < 4.78 is 27.5. The van der Waals surface area contributed by atoms with Crippen LogP contribution in [0.1, 0.15) is 66.0 Å². The van der Waals surface area contributed by atoms with Crippen LogP contribution in [0.3, 0.4) is 0 Å². The summed E-state index contributed by atoms with van der Waals surface area (Å²) in [6.07, 6.45) is 0.920. The summed E-state index contributed by atoms with van der Waals surface area (Å²) in [6, 6.07) is 5.65. The number of benzene rings is 1. The smallest absolute Gasteiger partial charge is 0.207 e. The maximum absolute atomic E-state index is 12.9. The number of hydrogen-bond donors (Lipinski definition) is 0. The van der Waals surface area contributed by atoms with E-state index in [1.54, 1.807) is 10.4 Å². The van der Waals surface area contributed by atoms with E-state index in [1.807, 2.05) is 46.8 Å². The molecule has 1 heterocycles. The summed E-state index contributed by atoms with van der Waals surface area (Å²) >= 11 is 0. The van der Waals surface area contributed by atoms with Crippen LogP contribution in [-0.4, -0.2) is 24.8 Å². The third-order valence-corrected chi connectivity index (χ3v) is 6.28. The Bertz CT molecular complexity index is 625. The van der Waals surface area contributed by atoms with E-state index in [1.165, 1.54) is 0 Å². The molecule has 0 spiro atoms. The Morgan fingerprint density at radius 2 is 1.68 bits per heavy atom. The average molecular weight is 326 g/mol. The van der Waals surface area contributed by atoms with Crippen LogP contribution in [-0.2, 0) is 15.4 Å². The van der Waals surface area contributed by atoms with Gasteiger partial charge in [-0.15, -0.1) is 0 Å². The van der Waals surface area contributed by atoms with Gasteiger partial charge in [0.05, 0.1) is 4.90 Å². The van der Waals surface area contributed by atoms with Gasteiger partial charge in [-0.1, -0.05) is 52.3 Å². The molecule has 0 saturated carbocycles. The molecule has 126 valence electrons. The van der Waals surface area contributed by atoms with Crippen LogP contribution in [0.4, 0.5) is 0 Å². The van der Waals surface area contributed by atoms with Gasteiger partial charge in [-0.2, -0.15) is 4.31 Å². The standard InChI is InChI=1S/C16H25NO2S.C2H6/c1-12-7-8-14(13(11-12)15(2,3)4)20(18,19)17-10-9-16(17,5)6;1-2/h7-8,11H,9-10H2,1-6H3;1-2H3. The van der Waals surface area contributed by atoms with E-state index >= 15 is 0 Å². The summed E-state index contributed by atoms with van der Waals surface area (Å²) in [6.45, 7) is 16.8. The van der Waals surface area contributed by atoms with Gasteiger partial charge in [0.1, 0.15) is 0 Å². The Kier molecular flexibility index (Phi) is 5.51. The van der Waals surface area contributed by atoms with Gasteiger partial charge in [0.25, 0.3) is 0 Å². The van der Waals surface area contributed by atoms with Crippen molar-refractivity contribution in [3.05, 3.63) is 29.3 Å². The maximum atomic E-state index is 12.9. The molecule has 0 N–H and O–H groups in total. The first-order valence-electron chi connectivity index (χ1n) is 8.10. The van der Waals surface area contributed by atoms with Gasteiger partial charge in [-0.05, 0) is 44.2 Å². The number of rotatable bonds is 2. The summed E-state index contributed by atoms with van der Waals surface area (Å²) in [7, 11) is -3.41.